The maximum Gasteiger partial charge on any atom is 0.00734 e. The van der Waals surface area contributed by atoms with Gasteiger partial charge in [0.25, 0.3) is 0 Å². The second-order valence-electron chi connectivity index (χ2n) is 5.43. The number of nitrogens with two attached hydrogens (primary N) is 1. The van der Waals surface area contributed by atoms with Crippen LogP contribution in [0.25, 0.3) is 0 Å². The fourth-order valence-corrected chi connectivity index (χ4v) is 2.19. The van der Waals surface area contributed by atoms with Crippen LogP contribution in [0.3, 0.4) is 0 Å². The lowest BCUT2D eigenvalue weighted by molar-refractivity contribution is 0.443. The van der Waals surface area contributed by atoms with Crippen molar-refractivity contribution in [1.29, 1.82) is 0 Å². The third kappa shape index (κ3) is 12.0. The first-order chi connectivity index (χ1) is 8.20. The van der Waals surface area contributed by atoms with Crippen LogP contribution in [0.1, 0.15) is 78.6 Å². The van der Waals surface area contributed by atoms with Gasteiger partial charge in [-0.2, -0.15) is 0 Å². The van der Waals surface area contributed by atoms with Crippen molar-refractivity contribution in [2.45, 2.75) is 84.6 Å². The molecule has 0 aromatic heterocycles. The van der Waals surface area contributed by atoms with Crippen molar-refractivity contribution in [2.75, 3.05) is 0 Å². The summed E-state index contributed by atoms with van der Waals surface area (Å²) in [6, 6.07) is 0.377. The van der Waals surface area contributed by atoms with E-state index in [1.54, 1.807) is 0 Å². The van der Waals surface area contributed by atoms with Gasteiger partial charge in [0.05, 0.1) is 0 Å². The largest absolute Gasteiger partial charge is 0.327 e. The van der Waals surface area contributed by atoms with Crippen LogP contribution in [0, 0.1) is 5.92 Å². The smallest absolute Gasteiger partial charge is 0.00734 e. The molecule has 1 nitrogen and oxygen atoms in total. The van der Waals surface area contributed by atoms with Gasteiger partial charge in [-0.1, -0.05) is 71.4 Å². The summed E-state index contributed by atoms with van der Waals surface area (Å²) in [5, 5.41) is 0. The predicted octanol–water partition coefficient (Wildman–Crippen LogP) is 5.06. The molecule has 0 bridgehead atoms. The molecular formula is C16H33N. The highest BCUT2D eigenvalue weighted by molar-refractivity contribution is 4.85. The maximum absolute atomic E-state index is 6.10. The Morgan fingerprint density at radius 2 is 1.71 bits per heavy atom. The van der Waals surface area contributed by atoms with Crippen molar-refractivity contribution in [3.8, 4) is 0 Å². The molecule has 0 fully saturated rings. The summed E-state index contributed by atoms with van der Waals surface area (Å²) in [4.78, 5) is 0. The first-order valence-corrected chi connectivity index (χ1v) is 7.61. The van der Waals surface area contributed by atoms with Crippen LogP contribution in [-0.4, -0.2) is 6.04 Å². The van der Waals surface area contributed by atoms with Crippen molar-refractivity contribution in [2.24, 2.45) is 11.7 Å². The lowest BCUT2D eigenvalue weighted by atomic mass is 9.97. The molecule has 0 aliphatic carbocycles. The number of unbranched alkanes of at least 4 members (excludes halogenated alkanes) is 2. The molecule has 102 valence electrons. The van der Waals surface area contributed by atoms with Crippen molar-refractivity contribution < 1.29 is 0 Å². The second kappa shape index (κ2) is 12.2. The van der Waals surface area contributed by atoms with Crippen LogP contribution in [-0.2, 0) is 0 Å². The lowest BCUT2D eigenvalue weighted by Crippen LogP contribution is -2.18. The lowest BCUT2D eigenvalue weighted by Gasteiger charge is -2.12. The van der Waals surface area contributed by atoms with Crippen molar-refractivity contribution in [3.63, 3.8) is 0 Å². The molecule has 0 radical (unpaired) electrons. The molecule has 0 aliphatic rings. The van der Waals surface area contributed by atoms with Gasteiger partial charge in [-0.15, -0.1) is 0 Å². The van der Waals surface area contributed by atoms with E-state index in [9.17, 15) is 0 Å². The Morgan fingerprint density at radius 1 is 0.941 bits per heavy atom. The Bertz CT molecular complexity index is 174. The van der Waals surface area contributed by atoms with Gasteiger partial charge in [0, 0.05) is 6.04 Å². The second-order valence-corrected chi connectivity index (χ2v) is 5.43. The minimum absolute atomic E-state index is 0.377. The Labute approximate surface area is 109 Å². The number of hydrogen-bond acceptors (Lipinski definition) is 1. The quantitative estimate of drug-likeness (QED) is 0.396. The molecule has 17 heavy (non-hydrogen) atoms. The van der Waals surface area contributed by atoms with E-state index in [2.05, 4.69) is 32.9 Å². The van der Waals surface area contributed by atoms with Crippen molar-refractivity contribution >= 4 is 0 Å². The zero-order valence-electron chi connectivity index (χ0n) is 12.3. The van der Waals surface area contributed by atoms with Crippen LogP contribution in [0.5, 0.6) is 0 Å². The fourth-order valence-electron chi connectivity index (χ4n) is 2.19. The summed E-state index contributed by atoms with van der Waals surface area (Å²) >= 11 is 0. The summed E-state index contributed by atoms with van der Waals surface area (Å²) < 4.78 is 0. The molecule has 0 aromatic rings. The van der Waals surface area contributed by atoms with Crippen molar-refractivity contribution in [1.82, 2.24) is 0 Å². The van der Waals surface area contributed by atoms with Gasteiger partial charge in [0.1, 0.15) is 0 Å². The predicted molar refractivity (Wildman–Crippen MR) is 79.2 cm³/mol. The van der Waals surface area contributed by atoms with Crippen LogP contribution in [0.15, 0.2) is 12.2 Å². The third-order valence-electron chi connectivity index (χ3n) is 3.38. The van der Waals surface area contributed by atoms with E-state index in [0.717, 1.165) is 12.3 Å². The molecule has 2 unspecified atom stereocenters. The molecule has 1 heteroatoms. The summed E-state index contributed by atoms with van der Waals surface area (Å²) in [6.45, 7) is 6.86. The van der Waals surface area contributed by atoms with Crippen LogP contribution in [0.4, 0.5) is 0 Å². The van der Waals surface area contributed by atoms with E-state index in [1.165, 1.54) is 51.4 Å². The molecule has 2 atom stereocenters. The number of rotatable bonds is 11. The zero-order valence-corrected chi connectivity index (χ0v) is 12.3. The topological polar surface area (TPSA) is 26.0 Å². The van der Waals surface area contributed by atoms with Crippen LogP contribution >= 0.6 is 0 Å². The standard InChI is InChI=1S/C16H33N/c1-4-6-7-8-9-13-16(17)14-10-12-15(3)11-5-2/h8-9,15-16H,4-7,10-14,17H2,1-3H3/b9-8+. The Hall–Kier alpha value is -0.300. The number of allylic oxidation sites excluding steroid dienone is 1. The van der Waals surface area contributed by atoms with Gasteiger partial charge in [-0.3, -0.25) is 0 Å². The van der Waals surface area contributed by atoms with E-state index >= 15 is 0 Å². The molecular weight excluding hydrogens is 206 g/mol. The summed E-state index contributed by atoms with van der Waals surface area (Å²) in [5.74, 6) is 0.882. The Morgan fingerprint density at radius 3 is 2.35 bits per heavy atom. The van der Waals surface area contributed by atoms with Crippen LogP contribution in [0.2, 0.25) is 0 Å². The molecule has 0 rings (SSSR count). The first kappa shape index (κ1) is 16.7. The van der Waals surface area contributed by atoms with Gasteiger partial charge in [-0.25, -0.2) is 0 Å². The van der Waals surface area contributed by atoms with Crippen molar-refractivity contribution in [3.05, 3.63) is 12.2 Å². The molecule has 0 heterocycles. The molecule has 0 aliphatic heterocycles. The van der Waals surface area contributed by atoms with Gasteiger partial charge in [0.15, 0.2) is 0 Å². The molecule has 0 spiro atoms. The SMILES string of the molecule is CCCC/C=C/CC(N)CCCC(C)CCC. The Balaban J connectivity index is 3.39. The first-order valence-electron chi connectivity index (χ1n) is 7.61. The van der Waals surface area contributed by atoms with Gasteiger partial charge < -0.3 is 5.73 Å². The van der Waals surface area contributed by atoms with E-state index in [1.807, 2.05) is 0 Å². The highest BCUT2D eigenvalue weighted by atomic mass is 14.6. The third-order valence-corrected chi connectivity index (χ3v) is 3.38. The van der Waals surface area contributed by atoms with E-state index < -0.39 is 0 Å². The molecule has 0 aromatic carbocycles. The highest BCUT2D eigenvalue weighted by Crippen LogP contribution is 2.15. The molecule has 0 saturated carbocycles. The monoisotopic (exact) mass is 239 g/mol. The Kier molecular flexibility index (Phi) is 12.0. The minimum Gasteiger partial charge on any atom is -0.327 e. The average Bonchev–Trinajstić information content (AvgIpc) is 2.29. The zero-order chi connectivity index (χ0) is 12.9. The molecule has 0 saturated heterocycles. The van der Waals surface area contributed by atoms with Crippen LogP contribution < -0.4 is 5.73 Å². The summed E-state index contributed by atoms with van der Waals surface area (Å²) in [5.41, 5.74) is 6.10. The highest BCUT2D eigenvalue weighted by Gasteiger charge is 2.03. The molecule has 0 amide bonds. The average molecular weight is 239 g/mol. The van der Waals surface area contributed by atoms with E-state index in [0.29, 0.717) is 6.04 Å². The minimum atomic E-state index is 0.377. The van der Waals surface area contributed by atoms with Gasteiger partial charge >= 0.3 is 0 Å². The summed E-state index contributed by atoms with van der Waals surface area (Å²) in [7, 11) is 0. The maximum atomic E-state index is 6.10. The summed E-state index contributed by atoms with van der Waals surface area (Å²) in [6.07, 6.45) is 15.9. The van der Waals surface area contributed by atoms with E-state index in [-0.39, 0.29) is 0 Å². The van der Waals surface area contributed by atoms with Gasteiger partial charge in [0.2, 0.25) is 0 Å². The normalized spacial score (nSPS) is 15.3. The van der Waals surface area contributed by atoms with Gasteiger partial charge in [-0.05, 0) is 25.2 Å². The fraction of sp³-hybridized carbons (Fsp3) is 0.875. The van der Waals surface area contributed by atoms with E-state index in [4.69, 9.17) is 5.73 Å². The molecule has 2 N–H and O–H groups in total. The number of hydrogen-bond donors (Lipinski definition) is 1.